The highest BCUT2D eigenvalue weighted by Gasteiger charge is 2.08. The number of hydrogen-bond acceptors (Lipinski definition) is 4. The number of nitrogens with zero attached hydrogens (tertiary/aromatic N) is 2. The van der Waals surface area contributed by atoms with Crippen LogP contribution in [0.5, 0.6) is 0 Å². The third-order valence-electron chi connectivity index (χ3n) is 2.40. The van der Waals surface area contributed by atoms with E-state index in [4.69, 9.17) is 11.6 Å². The lowest BCUT2D eigenvalue weighted by Crippen LogP contribution is -1.91. The lowest BCUT2D eigenvalue weighted by Gasteiger charge is -2.08. The normalized spacial score (nSPS) is 12.4. The van der Waals surface area contributed by atoms with Crippen LogP contribution < -0.4 is 0 Å². The van der Waals surface area contributed by atoms with E-state index in [-0.39, 0.29) is 0 Å². The molecule has 2 aromatic rings. The number of aliphatic hydroxyl groups excluding tert-OH is 1. The van der Waals surface area contributed by atoms with Crippen LogP contribution in [0.3, 0.4) is 0 Å². The summed E-state index contributed by atoms with van der Waals surface area (Å²) in [7, 11) is 0. The molecular weight excluding hydrogens is 268 g/mol. The topological polar surface area (TPSA) is 46.0 Å². The van der Waals surface area contributed by atoms with E-state index < -0.39 is 6.10 Å². The molecule has 0 aliphatic carbocycles. The zero-order valence-electron chi connectivity index (χ0n) is 10.1. The molecule has 0 aliphatic rings. The molecule has 5 heteroatoms. The molecule has 1 atom stereocenters. The van der Waals surface area contributed by atoms with E-state index in [9.17, 15) is 5.11 Å². The molecule has 3 nitrogen and oxygen atoms in total. The molecule has 0 radical (unpaired) electrons. The van der Waals surface area contributed by atoms with Crippen LogP contribution in [0.25, 0.3) is 0 Å². The Bertz CT molecular complexity index is 543. The highest BCUT2D eigenvalue weighted by molar-refractivity contribution is 7.99. The number of aryl methyl sites for hydroxylation is 1. The predicted molar refractivity (Wildman–Crippen MR) is 73.0 cm³/mol. The van der Waals surface area contributed by atoms with Crippen LogP contribution in [0.2, 0.25) is 5.02 Å². The Hall–Kier alpha value is -1.10. The number of halogens is 1. The molecule has 2 rings (SSSR count). The maximum atomic E-state index is 9.47. The summed E-state index contributed by atoms with van der Waals surface area (Å²) in [6, 6.07) is 5.49. The Kier molecular flexibility index (Phi) is 4.22. The maximum Gasteiger partial charge on any atom is 0.192 e. The molecule has 0 bridgehead atoms. The lowest BCUT2D eigenvalue weighted by atomic mass is 10.1. The SMILES string of the molecule is Cc1cnc(Sc2ccc([C@@H](C)O)cc2Cl)nc1. The van der Waals surface area contributed by atoms with Gasteiger partial charge in [0, 0.05) is 17.3 Å². The molecule has 0 spiro atoms. The summed E-state index contributed by atoms with van der Waals surface area (Å²) in [5, 5.41) is 10.7. The summed E-state index contributed by atoms with van der Waals surface area (Å²) < 4.78 is 0. The minimum atomic E-state index is -0.517. The molecule has 0 saturated carbocycles. The number of hydrogen-bond donors (Lipinski definition) is 1. The van der Waals surface area contributed by atoms with Gasteiger partial charge in [-0.15, -0.1) is 0 Å². The van der Waals surface area contributed by atoms with Crippen LogP contribution in [0.1, 0.15) is 24.2 Å². The van der Waals surface area contributed by atoms with Gasteiger partial charge in [0.1, 0.15) is 0 Å². The molecule has 0 fully saturated rings. The largest absolute Gasteiger partial charge is 0.389 e. The van der Waals surface area contributed by atoms with Crippen LogP contribution in [-0.2, 0) is 0 Å². The maximum absolute atomic E-state index is 9.47. The molecule has 0 unspecified atom stereocenters. The van der Waals surface area contributed by atoms with Crippen molar-refractivity contribution in [3.05, 3.63) is 46.7 Å². The molecule has 0 saturated heterocycles. The highest BCUT2D eigenvalue weighted by atomic mass is 35.5. The number of benzene rings is 1. The van der Waals surface area contributed by atoms with Crippen molar-refractivity contribution >= 4 is 23.4 Å². The van der Waals surface area contributed by atoms with Gasteiger partial charge in [0.15, 0.2) is 5.16 Å². The van der Waals surface area contributed by atoms with Crippen molar-refractivity contribution in [2.45, 2.75) is 30.0 Å². The fraction of sp³-hybridized carbons (Fsp3) is 0.231. The average molecular weight is 281 g/mol. The monoisotopic (exact) mass is 280 g/mol. The quantitative estimate of drug-likeness (QED) is 0.872. The summed E-state index contributed by atoms with van der Waals surface area (Å²) in [4.78, 5) is 9.31. The first-order chi connectivity index (χ1) is 8.56. The van der Waals surface area contributed by atoms with Crippen LogP contribution in [0, 0.1) is 6.92 Å². The first-order valence-electron chi connectivity index (χ1n) is 5.50. The van der Waals surface area contributed by atoms with E-state index in [1.807, 2.05) is 19.1 Å². The Labute approximate surface area is 115 Å². The van der Waals surface area contributed by atoms with Gasteiger partial charge < -0.3 is 5.11 Å². The standard InChI is InChI=1S/C13H13ClN2OS/c1-8-6-15-13(16-7-8)18-12-4-3-10(9(2)17)5-11(12)14/h3-7,9,17H,1-2H3/t9-/m1/s1. The second-order valence-electron chi connectivity index (χ2n) is 4.01. The van der Waals surface area contributed by atoms with E-state index in [0.717, 1.165) is 16.0 Å². The molecule has 1 aromatic heterocycles. The molecule has 0 amide bonds. The Morgan fingerprint density at radius 2 is 1.94 bits per heavy atom. The number of aliphatic hydroxyl groups is 1. The van der Waals surface area contributed by atoms with Crippen molar-refractivity contribution in [1.82, 2.24) is 9.97 Å². The van der Waals surface area contributed by atoms with Gasteiger partial charge in [-0.3, -0.25) is 0 Å². The van der Waals surface area contributed by atoms with Crippen LogP contribution >= 0.6 is 23.4 Å². The van der Waals surface area contributed by atoms with E-state index in [0.29, 0.717) is 10.2 Å². The van der Waals surface area contributed by atoms with E-state index in [1.54, 1.807) is 25.4 Å². The molecular formula is C13H13ClN2OS. The third-order valence-corrected chi connectivity index (χ3v) is 3.79. The molecule has 1 heterocycles. The lowest BCUT2D eigenvalue weighted by molar-refractivity contribution is 0.199. The Morgan fingerprint density at radius 3 is 2.50 bits per heavy atom. The van der Waals surface area contributed by atoms with Crippen LogP contribution in [-0.4, -0.2) is 15.1 Å². The van der Waals surface area contributed by atoms with Crippen molar-refractivity contribution in [3.8, 4) is 0 Å². The summed E-state index contributed by atoms with van der Waals surface area (Å²) in [5.74, 6) is 0. The number of rotatable bonds is 3. The van der Waals surface area contributed by atoms with Crippen molar-refractivity contribution in [2.24, 2.45) is 0 Å². The fourth-order valence-corrected chi connectivity index (χ4v) is 2.40. The van der Waals surface area contributed by atoms with Gasteiger partial charge in [-0.25, -0.2) is 9.97 Å². The first kappa shape index (κ1) is 13.3. The summed E-state index contributed by atoms with van der Waals surface area (Å²) in [6.45, 7) is 3.65. The van der Waals surface area contributed by atoms with Gasteiger partial charge in [0.2, 0.25) is 0 Å². The second kappa shape index (κ2) is 5.69. The van der Waals surface area contributed by atoms with E-state index in [1.165, 1.54) is 11.8 Å². The minimum absolute atomic E-state index is 0.517. The van der Waals surface area contributed by atoms with Crippen molar-refractivity contribution < 1.29 is 5.11 Å². The molecule has 1 N–H and O–H groups in total. The van der Waals surface area contributed by atoms with Gasteiger partial charge in [-0.2, -0.15) is 0 Å². The van der Waals surface area contributed by atoms with E-state index >= 15 is 0 Å². The first-order valence-corrected chi connectivity index (χ1v) is 6.69. The van der Waals surface area contributed by atoms with Crippen molar-refractivity contribution in [2.75, 3.05) is 0 Å². The number of aromatic nitrogens is 2. The fourth-order valence-electron chi connectivity index (χ4n) is 1.39. The molecule has 94 valence electrons. The van der Waals surface area contributed by atoms with Crippen LogP contribution in [0.15, 0.2) is 40.6 Å². The summed E-state index contributed by atoms with van der Waals surface area (Å²) in [6.07, 6.45) is 3.03. The second-order valence-corrected chi connectivity index (χ2v) is 5.43. The molecule has 1 aromatic carbocycles. The smallest absolute Gasteiger partial charge is 0.192 e. The zero-order valence-corrected chi connectivity index (χ0v) is 11.7. The highest BCUT2D eigenvalue weighted by Crippen LogP contribution is 2.32. The molecule has 18 heavy (non-hydrogen) atoms. The Morgan fingerprint density at radius 1 is 1.28 bits per heavy atom. The van der Waals surface area contributed by atoms with E-state index in [2.05, 4.69) is 9.97 Å². The van der Waals surface area contributed by atoms with Crippen molar-refractivity contribution in [1.29, 1.82) is 0 Å². The van der Waals surface area contributed by atoms with Crippen molar-refractivity contribution in [3.63, 3.8) is 0 Å². The Balaban J connectivity index is 2.22. The molecule has 0 aliphatic heterocycles. The third kappa shape index (κ3) is 3.22. The zero-order chi connectivity index (χ0) is 13.1. The van der Waals surface area contributed by atoms with Gasteiger partial charge in [0.25, 0.3) is 0 Å². The average Bonchev–Trinajstić information content (AvgIpc) is 2.34. The summed E-state index contributed by atoms with van der Waals surface area (Å²) >= 11 is 7.57. The minimum Gasteiger partial charge on any atom is -0.389 e. The predicted octanol–water partition coefficient (Wildman–Crippen LogP) is 3.64. The van der Waals surface area contributed by atoms with Gasteiger partial charge in [-0.05, 0) is 48.9 Å². The van der Waals surface area contributed by atoms with Crippen LogP contribution in [0.4, 0.5) is 0 Å². The van der Waals surface area contributed by atoms with Gasteiger partial charge >= 0.3 is 0 Å². The summed E-state index contributed by atoms with van der Waals surface area (Å²) in [5.41, 5.74) is 1.82. The van der Waals surface area contributed by atoms with Gasteiger partial charge in [-0.1, -0.05) is 17.7 Å². The van der Waals surface area contributed by atoms with Gasteiger partial charge in [0.05, 0.1) is 11.1 Å².